The second-order valence-electron chi connectivity index (χ2n) is 3.29. The van der Waals surface area contributed by atoms with Gasteiger partial charge in [-0.3, -0.25) is 0 Å². The Morgan fingerprint density at radius 1 is 1.47 bits per heavy atom. The number of rotatable bonds is 2. The van der Waals surface area contributed by atoms with Crippen LogP contribution < -0.4 is 5.84 Å². The van der Waals surface area contributed by atoms with Gasteiger partial charge in [-0.2, -0.15) is 5.10 Å². The Labute approximate surface area is 102 Å². The lowest BCUT2D eigenvalue weighted by atomic mass is 10.1. The lowest BCUT2D eigenvalue weighted by Crippen LogP contribution is -2.10. The fourth-order valence-electron chi connectivity index (χ4n) is 1.38. The zero-order valence-electron chi connectivity index (χ0n) is 9.01. The predicted octanol–water partition coefficient (Wildman–Crippen LogP) is 1.11. The number of ether oxygens (including phenoxy) is 1. The highest BCUT2D eigenvalue weighted by Gasteiger charge is 2.08. The van der Waals surface area contributed by atoms with Gasteiger partial charge in [0.1, 0.15) is 0 Å². The van der Waals surface area contributed by atoms with Gasteiger partial charge in [-0.15, -0.1) is 0 Å². The van der Waals surface area contributed by atoms with Gasteiger partial charge in [0.05, 0.1) is 12.7 Å². The average molecular weight is 250 g/mol. The normalized spacial score (nSPS) is 10.2. The highest BCUT2D eigenvalue weighted by Crippen LogP contribution is 2.16. The Balaban J connectivity index is 2.39. The minimum atomic E-state index is -0.386. The zero-order valence-corrected chi connectivity index (χ0v) is 9.82. The number of aromatic nitrogens is 3. The van der Waals surface area contributed by atoms with E-state index in [4.69, 9.17) is 18.1 Å². The molecule has 0 aliphatic heterocycles. The monoisotopic (exact) mass is 250 g/mol. The number of aromatic amines is 1. The summed E-state index contributed by atoms with van der Waals surface area (Å²) in [6, 6.07) is 6.72. The van der Waals surface area contributed by atoms with Crippen LogP contribution >= 0.6 is 12.2 Å². The number of carbonyl (C=O) groups is 1. The van der Waals surface area contributed by atoms with Gasteiger partial charge < -0.3 is 10.6 Å². The third-order valence-electron chi connectivity index (χ3n) is 2.27. The highest BCUT2D eigenvalue weighted by atomic mass is 32.1. The minimum absolute atomic E-state index is 0.331. The highest BCUT2D eigenvalue weighted by molar-refractivity contribution is 7.71. The number of H-pyrrole nitrogens is 1. The van der Waals surface area contributed by atoms with Crippen molar-refractivity contribution in [2.24, 2.45) is 0 Å². The number of hydrogen-bond acceptors (Lipinski definition) is 5. The Morgan fingerprint density at radius 2 is 2.12 bits per heavy atom. The molecule has 7 heteroatoms. The number of carbonyl (C=O) groups excluding carboxylic acids is 1. The zero-order chi connectivity index (χ0) is 12.4. The lowest BCUT2D eigenvalue weighted by Gasteiger charge is -2.02. The standard InChI is InChI=1S/C10H10N4O2S/c1-16-9(15)7-4-2-6(3-5-7)8-12-13-10(17)14(8)11/h2-5H,11H2,1H3,(H,13,17). The molecule has 1 aromatic carbocycles. The molecule has 0 fully saturated rings. The van der Waals surface area contributed by atoms with E-state index in [0.29, 0.717) is 16.2 Å². The molecule has 0 spiro atoms. The maximum Gasteiger partial charge on any atom is 0.337 e. The number of nitrogens with one attached hydrogen (secondary N) is 1. The van der Waals surface area contributed by atoms with Crippen LogP contribution in [-0.2, 0) is 4.74 Å². The van der Waals surface area contributed by atoms with Crippen LogP contribution in [0.15, 0.2) is 24.3 Å². The second kappa shape index (κ2) is 4.38. The fourth-order valence-corrected chi connectivity index (χ4v) is 1.51. The van der Waals surface area contributed by atoms with E-state index in [9.17, 15) is 4.79 Å². The Bertz CT molecular complexity index is 600. The van der Waals surface area contributed by atoms with Crippen molar-refractivity contribution in [2.45, 2.75) is 0 Å². The van der Waals surface area contributed by atoms with E-state index in [2.05, 4.69) is 14.9 Å². The first-order chi connectivity index (χ1) is 8.13. The van der Waals surface area contributed by atoms with Crippen molar-refractivity contribution in [2.75, 3.05) is 13.0 Å². The first-order valence-corrected chi connectivity index (χ1v) is 5.15. The molecular formula is C10H10N4O2S. The number of hydrogen-bond donors (Lipinski definition) is 2. The Morgan fingerprint density at radius 3 is 2.59 bits per heavy atom. The summed E-state index contributed by atoms with van der Waals surface area (Å²) in [5.41, 5.74) is 1.22. The number of nitrogen functional groups attached to an aromatic ring is 1. The molecule has 0 amide bonds. The summed E-state index contributed by atoms with van der Waals surface area (Å²) in [5, 5.41) is 6.57. The van der Waals surface area contributed by atoms with Gasteiger partial charge in [-0.05, 0) is 24.4 Å². The largest absolute Gasteiger partial charge is 0.465 e. The lowest BCUT2D eigenvalue weighted by molar-refractivity contribution is 0.0601. The number of esters is 1. The van der Waals surface area contributed by atoms with Crippen LogP contribution in [0, 0.1) is 4.77 Å². The average Bonchev–Trinajstić information content (AvgIpc) is 2.69. The van der Waals surface area contributed by atoms with Gasteiger partial charge in [0, 0.05) is 5.56 Å². The molecule has 0 saturated carbocycles. The predicted molar refractivity (Wildman–Crippen MR) is 64.3 cm³/mol. The summed E-state index contributed by atoms with van der Waals surface area (Å²) in [4.78, 5) is 11.2. The van der Waals surface area contributed by atoms with Crippen LogP contribution in [0.1, 0.15) is 10.4 Å². The van der Waals surface area contributed by atoms with E-state index in [-0.39, 0.29) is 5.97 Å². The van der Waals surface area contributed by atoms with Crippen molar-refractivity contribution in [3.63, 3.8) is 0 Å². The van der Waals surface area contributed by atoms with Gasteiger partial charge in [0.25, 0.3) is 0 Å². The Hall–Kier alpha value is -2.15. The molecule has 1 heterocycles. The number of nitrogens with zero attached hydrogens (tertiary/aromatic N) is 2. The van der Waals surface area contributed by atoms with Gasteiger partial charge in [0.2, 0.25) is 4.77 Å². The van der Waals surface area contributed by atoms with Crippen molar-refractivity contribution < 1.29 is 9.53 Å². The minimum Gasteiger partial charge on any atom is -0.465 e. The van der Waals surface area contributed by atoms with Gasteiger partial charge in [-0.25, -0.2) is 14.6 Å². The summed E-state index contributed by atoms with van der Waals surface area (Å²) < 4.78 is 6.20. The maximum atomic E-state index is 11.2. The van der Waals surface area contributed by atoms with Crippen molar-refractivity contribution in [3.8, 4) is 11.4 Å². The molecule has 88 valence electrons. The quantitative estimate of drug-likeness (QED) is 0.473. The van der Waals surface area contributed by atoms with Crippen molar-refractivity contribution in [3.05, 3.63) is 34.6 Å². The van der Waals surface area contributed by atoms with Gasteiger partial charge in [0.15, 0.2) is 5.82 Å². The summed E-state index contributed by atoms with van der Waals surface area (Å²) >= 11 is 4.91. The molecule has 0 bridgehead atoms. The molecule has 0 atom stereocenters. The fraction of sp³-hybridized carbons (Fsp3) is 0.100. The molecule has 0 aliphatic carbocycles. The molecule has 0 saturated heterocycles. The third kappa shape index (κ3) is 2.04. The van der Waals surface area contributed by atoms with E-state index in [1.807, 2.05) is 0 Å². The molecule has 0 radical (unpaired) electrons. The van der Waals surface area contributed by atoms with Crippen LogP contribution in [-0.4, -0.2) is 28.0 Å². The first-order valence-electron chi connectivity index (χ1n) is 4.74. The second-order valence-corrected chi connectivity index (χ2v) is 3.68. The Kier molecular flexibility index (Phi) is 2.92. The van der Waals surface area contributed by atoms with Crippen molar-refractivity contribution >= 4 is 18.2 Å². The molecule has 2 aromatic rings. The number of nitrogens with two attached hydrogens (primary N) is 1. The molecule has 17 heavy (non-hydrogen) atoms. The molecule has 0 aliphatic rings. The summed E-state index contributed by atoms with van der Waals surface area (Å²) in [5.74, 6) is 5.81. The molecular weight excluding hydrogens is 240 g/mol. The molecule has 3 N–H and O–H groups in total. The van der Waals surface area contributed by atoms with Crippen LogP contribution in [0.4, 0.5) is 0 Å². The summed E-state index contributed by atoms with van der Waals surface area (Å²) in [6.07, 6.45) is 0. The van der Waals surface area contributed by atoms with E-state index in [1.165, 1.54) is 11.8 Å². The van der Waals surface area contributed by atoms with Crippen LogP contribution in [0.25, 0.3) is 11.4 Å². The summed E-state index contributed by atoms with van der Waals surface area (Å²) in [7, 11) is 1.33. The van der Waals surface area contributed by atoms with Gasteiger partial charge >= 0.3 is 5.97 Å². The molecule has 0 unspecified atom stereocenters. The van der Waals surface area contributed by atoms with Gasteiger partial charge in [-0.1, -0.05) is 12.1 Å². The smallest absolute Gasteiger partial charge is 0.337 e. The van der Waals surface area contributed by atoms with Crippen LogP contribution in [0.3, 0.4) is 0 Å². The van der Waals surface area contributed by atoms with Crippen LogP contribution in [0.5, 0.6) is 0 Å². The van der Waals surface area contributed by atoms with E-state index >= 15 is 0 Å². The first kappa shape index (κ1) is 11.3. The number of methoxy groups -OCH3 is 1. The van der Waals surface area contributed by atoms with E-state index < -0.39 is 0 Å². The molecule has 2 rings (SSSR count). The number of benzene rings is 1. The van der Waals surface area contributed by atoms with E-state index in [1.54, 1.807) is 24.3 Å². The summed E-state index contributed by atoms with van der Waals surface area (Å²) in [6.45, 7) is 0. The third-order valence-corrected chi connectivity index (χ3v) is 2.56. The van der Waals surface area contributed by atoms with Crippen molar-refractivity contribution in [1.29, 1.82) is 0 Å². The molecule has 6 nitrogen and oxygen atoms in total. The van der Waals surface area contributed by atoms with Crippen molar-refractivity contribution in [1.82, 2.24) is 14.9 Å². The molecule has 1 aromatic heterocycles. The van der Waals surface area contributed by atoms with E-state index in [0.717, 1.165) is 5.56 Å². The SMILES string of the molecule is COC(=O)c1ccc(-c2n[nH]c(=S)n2N)cc1. The maximum absolute atomic E-state index is 11.2. The van der Waals surface area contributed by atoms with Crippen LogP contribution in [0.2, 0.25) is 0 Å². The topological polar surface area (TPSA) is 85.9 Å².